The van der Waals surface area contributed by atoms with Crippen LogP contribution in [0.15, 0.2) is 46.9 Å². The Morgan fingerprint density at radius 3 is 2.27 bits per heavy atom. The number of benzene rings is 2. The molecule has 0 unspecified atom stereocenters. The second-order valence-electron chi connectivity index (χ2n) is 3.51. The average molecular weight is 263 g/mol. The van der Waals surface area contributed by atoms with E-state index in [1.54, 1.807) is 12.1 Å². The highest BCUT2D eigenvalue weighted by Crippen LogP contribution is 2.27. The first-order valence-corrected chi connectivity index (χ1v) is 5.51. The summed E-state index contributed by atoms with van der Waals surface area (Å²) in [5.74, 6) is 0.313. The van der Waals surface area contributed by atoms with Gasteiger partial charge in [0.1, 0.15) is 5.75 Å². The van der Waals surface area contributed by atoms with E-state index >= 15 is 0 Å². The van der Waals surface area contributed by atoms with Crippen molar-refractivity contribution in [2.75, 3.05) is 0 Å². The Morgan fingerprint density at radius 2 is 1.67 bits per heavy atom. The molecule has 76 valence electrons. The monoisotopic (exact) mass is 262 g/mol. The lowest BCUT2D eigenvalue weighted by Gasteiger charge is -2.06. The fourth-order valence-corrected chi connectivity index (χ4v) is 1.87. The third kappa shape index (κ3) is 2.21. The Balaban J connectivity index is 2.49. The van der Waals surface area contributed by atoms with Crippen molar-refractivity contribution in [1.29, 1.82) is 0 Å². The molecule has 0 aliphatic rings. The van der Waals surface area contributed by atoms with Crippen LogP contribution in [0.4, 0.5) is 0 Å². The molecule has 0 aliphatic carbocycles. The molecule has 2 rings (SSSR count). The summed E-state index contributed by atoms with van der Waals surface area (Å²) in [5, 5.41) is 9.32. The predicted octanol–water partition coefficient (Wildman–Crippen LogP) is 4.13. The van der Waals surface area contributed by atoms with E-state index in [2.05, 4.69) is 28.1 Å². The van der Waals surface area contributed by atoms with Crippen molar-refractivity contribution in [1.82, 2.24) is 0 Å². The molecule has 0 aliphatic heterocycles. The van der Waals surface area contributed by atoms with E-state index in [0.717, 1.165) is 21.2 Å². The van der Waals surface area contributed by atoms with Gasteiger partial charge in [-0.25, -0.2) is 0 Å². The van der Waals surface area contributed by atoms with Gasteiger partial charge < -0.3 is 5.11 Å². The number of phenols is 1. The van der Waals surface area contributed by atoms with E-state index in [0.29, 0.717) is 5.75 Å². The highest BCUT2D eigenvalue weighted by Gasteiger charge is 2.02. The predicted molar refractivity (Wildman–Crippen MR) is 66.0 cm³/mol. The second-order valence-corrected chi connectivity index (χ2v) is 4.42. The zero-order chi connectivity index (χ0) is 10.8. The maximum atomic E-state index is 9.32. The number of hydrogen-bond donors (Lipinski definition) is 1. The van der Waals surface area contributed by atoms with Crippen molar-refractivity contribution in [3.8, 4) is 16.9 Å². The molecule has 0 bridgehead atoms. The van der Waals surface area contributed by atoms with Gasteiger partial charge in [-0.3, -0.25) is 0 Å². The smallest absolute Gasteiger partial charge is 0.115 e. The van der Waals surface area contributed by atoms with Gasteiger partial charge in [-0.15, -0.1) is 0 Å². The molecule has 1 nitrogen and oxygen atoms in total. The lowest BCUT2D eigenvalue weighted by molar-refractivity contribution is 0.475. The Kier molecular flexibility index (Phi) is 2.78. The number of phenolic OH excluding ortho intramolecular Hbond substituents is 1. The third-order valence-electron chi connectivity index (χ3n) is 2.37. The molecule has 0 atom stereocenters. The van der Waals surface area contributed by atoms with Crippen LogP contribution in [0.3, 0.4) is 0 Å². The summed E-state index contributed by atoms with van der Waals surface area (Å²) in [6.45, 7) is 2.00. The largest absolute Gasteiger partial charge is 0.508 e. The van der Waals surface area contributed by atoms with Gasteiger partial charge in [0.05, 0.1) is 0 Å². The van der Waals surface area contributed by atoms with Crippen LogP contribution in [0.5, 0.6) is 5.75 Å². The van der Waals surface area contributed by atoms with Crippen molar-refractivity contribution in [2.24, 2.45) is 0 Å². The molecular weight excluding hydrogens is 252 g/mol. The van der Waals surface area contributed by atoms with Crippen molar-refractivity contribution in [3.63, 3.8) is 0 Å². The van der Waals surface area contributed by atoms with Crippen molar-refractivity contribution in [2.45, 2.75) is 6.92 Å². The summed E-state index contributed by atoms with van der Waals surface area (Å²) in [6, 6.07) is 13.6. The molecule has 0 spiro atoms. The first kappa shape index (κ1) is 10.2. The normalized spacial score (nSPS) is 10.3. The fraction of sp³-hybridized carbons (Fsp3) is 0.0769. The molecule has 0 fully saturated rings. The van der Waals surface area contributed by atoms with E-state index in [-0.39, 0.29) is 0 Å². The molecule has 0 saturated carbocycles. The summed E-state index contributed by atoms with van der Waals surface area (Å²) in [7, 11) is 0. The van der Waals surface area contributed by atoms with Gasteiger partial charge in [0, 0.05) is 4.47 Å². The number of rotatable bonds is 1. The van der Waals surface area contributed by atoms with Crippen molar-refractivity contribution >= 4 is 15.9 Å². The van der Waals surface area contributed by atoms with Crippen LogP contribution in [0.2, 0.25) is 0 Å². The Hall–Kier alpha value is -1.28. The van der Waals surface area contributed by atoms with Crippen LogP contribution >= 0.6 is 15.9 Å². The summed E-state index contributed by atoms with van der Waals surface area (Å²) in [4.78, 5) is 0. The van der Waals surface area contributed by atoms with Crippen LogP contribution < -0.4 is 0 Å². The van der Waals surface area contributed by atoms with Gasteiger partial charge in [0.25, 0.3) is 0 Å². The van der Waals surface area contributed by atoms with Crippen LogP contribution in [0.1, 0.15) is 5.56 Å². The van der Waals surface area contributed by atoms with Gasteiger partial charge in [0.15, 0.2) is 0 Å². The number of aryl methyl sites for hydroxylation is 1. The van der Waals surface area contributed by atoms with Crippen LogP contribution in [0, 0.1) is 6.92 Å². The molecule has 0 heterocycles. The SMILES string of the molecule is Cc1cc(O)ccc1-c1ccc(Br)cc1. The van der Waals surface area contributed by atoms with E-state index < -0.39 is 0 Å². The van der Waals surface area contributed by atoms with Crippen LogP contribution in [0.25, 0.3) is 11.1 Å². The molecule has 0 saturated heterocycles. The van der Waals surface area contributed by atoms with E-state index in [1.807, 2.05) is 25.1 Å². The van der Waals surface area contributed by atoms with E-state index in [9.17, 15) is 5.11 Å². The number of hydrogen-bond acceptors (Lipinski definition) is 1. The first-order chi connectivity index (χ1) is 7.16. The van der Waals surface area contributed by atoms with Crippen LogP contribution in [-0.4, -0.2) is 5.11 Å². The lowest BCUT2D eigenvalue weighted by Crippen LogP contribution is -1.82. The second kappa shape index (κ2) is 4.07. The third-order valence-corrected chi connectivity index (χ3v) is 2.89. The Bertz CT molecular complexity index is 474. The highest BCUT2D eigenvalue weighted by atomic mass is 79.9. The van der Waals surface area contributed by atoms with Crippen molar-refractivity contribution in [3.05, 3.63) is 52.5 Å². The van der Waals surface area contributed by atoms with Gasteiger partial charge in [0.2, 0.25) is 0 Å². The maximum absolute atomic E-state index is 9.32. The lowest BCUT2D eigenvalue weighted by atomic mass is 10.0. The standard InChI is InChI=1S/C13H11BrO/c1-9-8-12(15)6-7-13(9)10-2-4-11(14)5-3-10/h2-8,15H,1H3. The topological polar surface area (TPSA) is 20.2 Å². The Labute approximate surface area is 97.5 Å². The minimum absolute atomic E-state index is 0.313. The summed E-state index contributed by atoms with van der Waals surface area (Å²) >= 11 is 3.41. The van der Waals surface area contributed by atoms with E-state index in [4.69, 9.17) is 0 Å². The van der Waals surface area contributed by atoms with E-state index in [1.165, 1.54) is 0 Å². The molecule has 2 heteroatoms. The molecule has 1 N–H and O–H groups in total. The average Bonchev–Trinajstić information content (AvgIpc) is 2.20. The summed E-state index contributed by atoms with van der Waals surface area (Å²) in [6.07, 6.45) is 0. The molecule has 2 aromatic carbocycles. The maximum Gasteiger partial charge on any atom is 0.115 e. The van der Waals surface area contributed by atoms with Crippen molar-refractivity contribution < 1.29 is 5.11 Å². The first-order valence-electron chi connectivity index (χ1n) is 4.72. The van der Waals surface area contributed by atoms with Gasteiger partial charge >= 0.3 is 0 Å². The zero-order valence-electron chi connectivity index (χ0n) is 8.37. The van der Waals surface area contributed by atoms with Gasteiger partial charge in [-0.05, 0) is 47.9 Å². The minimum atomic E-state index is 0.313. The molecule has 0 amide bonds. The number of aromatic hydroxyl groups is 1. The molecule has 2 aromatic rings. The Morgan fingerprint density at radius 1 is 1.00 bits per heavy atom. The molecule has 15 heavy (non-hydrogen) atoms. The fourth-order valence-electron chi connectivity index (χ4n) is 1.60. The molecular formula is C13H11BrO. The quantitative estimate of drug-likeness (QED) is 0.820. The summed E-state index contributed by atoms with van der Waals surface area (Å²) < 4.78 is 1.07. The van der Waals surface area contributed by atoms with Crippen LogP contribution in [-0.2, 0) is 0 Å². The van der Waals surface area contributed by atoms with Gasteiger partial charge in [-0.2, -0.15) is 0 Å². The zero-order valence-corrected chi connectivity index (χ0v) is 9.95. The van der Waals surface area contributed by atoms with Gasteiger partial charge in [-0.1, -0.05) is 34.1 Å². The molecule has 0 aromatic heterocycles. The minimum Gasteiger partial charge on any atom is -0.508 e. The summed E-state index contributed by atoms with van der Waals surface area (Å²) in [5.41, 5.74) is 3.40. The highest BCUT2D eigenvalue weighted by molar-refractivity contribution is 9.10. The molecule has 0 radical (unpaired) electrons. The number of halogens is 1.